The number of aryl methyl sites for hydroxylation is 1. The van der Waals surface area contributed by atoms with Gasteiger partial charge < -0.3 is 9.73 Å². The zero-order valence-electron chi connectivity index (χ0n) is 17.6. The smallest absolute Gasteiger partial charge is 0.408 e. The van der Waals surface area contributed by atoms with E-state index in [9.17, 15) is 22.8 Å². The maximum absolute atomic E-state index is 12.9. The Kier molecular flexibility index (Phi) is 6.10. The fraction of sp³-hybridized carbons (Fsp3) is 0.391. The van der Waals surface area contributed by atoms with Crippen LogP contribution in [0.1, 0.15) is 30.4 Å². The standard InChI is InChI=1S/C23H24F3N3O3/c1-28-19-6-5-18(13-20(19)32-22(28)31)27-21(30)12-15-7-9-29(10-8-15)14-16-3-2-4-17(11-16)23(24,25)26/h2-6,11,13,15H,7-10,12,14H2,1H3,(H,27,30). The number of nitrogens with zero attached hydrogens (tertiary/aromatic N) is 2. The quantitative estimate of drug-likeness (QED) is 0.630. The van der Waals surface area contributed by atoms with E-state index in [4.69, 9.17) is 4.42 Å². The summed E-state index contributed by atoms with van der Waals surface area (Å²) in [6.07, 6.45) is -2.36. The Balaban J connectivity index is 1.28. The van der Waals surface area contributed by atoms with E-state index in [1.165, 1.54) is 16.7 Å². The zero-order valence-corrected chi connectivity index (χ0v) is 17.6. The predicted molar refractivity (Wildman–Crippen MR) is 114 cm³/mol. The second-order valence-electron chi connectivity index (χ2n) is 8.28. The van der Waals surface area contributed by atoms with Gasteiger partial charge in [-0.2, -0.15) is 13.2 Å². The third-order valence-corrected chi connectivity index (χ3v) is 5.92. The van der Waals surface area contributed by atoms with E-state index >= 15 is 0 Å². The summed E-state index contributed by atoms with van der Waals surface area (Å²) >= 11 is 0. The third-order valence-electron chi connectivity index (χ3n) is 5.92. The van der Waals surface area contributed by atoms with Crippen molar-refractivity contribution < 1.29 is 22.4 Å². The van der Waals surface area contributed by atoms with Crippen molar-refractivity contribution in [1.29, 1.82) is 0 Å². The first-order valence-corrected chi connectivity index (χ1v) is 10.5. The molecule has 0 bridgehead atoms. The number of carbonyl (C=O) groups is 1. The van der Waals surface area contributed by atoms with Gasteiger partial charge >= 0.3 is 11.9 Å². The second-order valence-corrected chi connectivity index (χ2v) is 8.28. The lowest BCUT2D eigenvalue weighted by atomic mass is 9.93. The number of carbonyl (C=O) groups excluding carboxylic acids is 1. The molecule has 1 N–H and O–H groups in total. The molecule has 0 radical (unpaired) electrons. The largest absolute Gasteiger partial charge is 0.419 e. The van der Waals surface area contributed by atoms with Crippen LogP contribution in [-0.2, 0) is 24.6 Å². The van der Waals surface area contributed by atoms with E-state index in [1.807, 2.05) is 0 Å². The molecule has 9 heteroatoms. The number of nitrogens with one attached hydrogen (secondary N) is 1. The highest BCUT2D eigenvalue weighted by molar-refractivity contribution is 5.92. The van der Waals surface area contributed by atoms with Crippen molar-refractivity contribution >= 4 is 22.7 Å². The molecule has 0 atom stereocenters. The molecule has 2 heterocycles. The van der Waals surface area contributed by atoms with Crippen molar-refractivity contribution in [2.45, 2.75) is 32.0 Å². The number of aromatic nitrogens is 1. The summed E-state index contributed by atoms with van der Waals surface area (Å²) in [5, 5.41) is 2.85. The third kappa shape index (κ3) is 5.04. The summed E-state index contributed by atoms with van der Waals surface area (Å²) in [7, 11) is 1.62. The average molecular weight is 447 g/mol. The zero-order chi connectivity index (χ0) is 22.9. The monoisotopic (exact) mass is 447 g/mol. The molecule has 6 nitrogen and oxygen atoms in total. The van der Waals surface area contributed by atoms with E-state index in [-0.39, 0.29) is 11.8 Å². The number of anilines is 1. The van der Waals surface area contributed by atoms with Gasteiger partial charge in [0.1, 0.15) is 0 Å². The molecule has 32 heavy (non-hydrogen) atoms. The number of likely N-dealkylation sites (tertiary alicyclic amines) is 1. The first-order valence-electron chi connectivity index (χ1n) is 10.5. The number of rotatable bonds is 5. The predicted octanol–water partition coefficient (Wildman–Crippen LogP) is 4.39. The molecule has 1 aliphatic heterocycles. The van der Waals surface area contributed by atoms with Gasteiger partial charge in [-0.15, -0.1) is 0 Å². The highest BCUT2D eigenvalue weighted by atomic mass is 19.4. The van der Waals surface area contributed by atoms with Crippen molar-refractivity contribution in [2.24, 2.45) is 13.0 Å². The van der Waals surface area contributed by atoms with Crippen molar-refractivity contribution in [2.75, 3.05) is 18.4 Å². The Hall–Kier alpha value is -3.07. The molecule has 1 aliphatic rings. The van der Waals surface area contributed by atoms with Crippen molar-refractivity contribution in [3.05, 3.63) is 64.1 Å². The van der Waals surface area contributed by atoms with Crippen molar-refractivity contribution in [3.63, 3.8) is 0 Å². The number of alkyl halides is 3. The number of halogens is 3. The van der Waals surface area contributed by atoms with Gasteiger partial charge in [-0.1, -0.05) is 18.2 Å². The van der Waals surface area contributed by atoms with Crippen LogP contribution in [0.2, 0.25) is 0 Å². The van der Waals surface area contributed by atoms with Crippen LogP contribution in [0.25, 0.3) is 11.1 Å². The molecule has 2 aromatic carbocycles. The lowest BCUT2D eigenvalue weighted by Gasteiger charge is -2.31. The molecule has 0 unspecified atom stereocenters. The Labute approximate surface area is 182 Å². The van der Waals surface area contributed by atoms with Crippen molar-refractivity contribution in [3.8, 4) is 0 Å². The minimum absolute atomic E-state index is 0.112. The van der Waals surface area contributed by atoms with Crippen molar-refractivity contribution in [1.82, 2.24) is 9.47 Å². The molecule has 3 aromatic rings. The fourth-order valence-electron chi connectivity index (χ4n) is 4.14. The van der Waals surface area contributed by atoms with Gasteiger partial charge in [0, 0.05) is 31.8 Å². The van der Waals surface area contributed by atoms with Gasteiger partial charge in [0.05, 0.1) is 11.1 Å². The number of benzene rings is 2. The first-order chi connectivity index (χ1) is 15.2. The number of oxazole rings is 1. The average Bonchev–Trinajstić information content (AvgIpc) is 3.02. The van der Waals surface area contributed by atoms with Crippen LogP contribution in [0.15, 0.2) is 51.7 Å². The van der Waals surface area contributed by atoms with Gasteiger partial charge in [-0.25, -0.2) is 4.79 Å². The minimum atomic E-state index is -4.34. The molecule has 4 rings (SSSR count). The second kappa shape index (κ2) is 8.82. The summed E-state index contributed by atoms with van der Waals surface area (Å²) < 4.78 is 45.2. The minimum Gasteiger partial charge on any atom is -0.408 e. The number of amides is 1. The summed E-state index contributed by atoms with van der Waals surface area (Å²) in [6.45, 7) is 1.93. The van der Waals surface area contributed by atoms with Crippen LogP contribution in [0.3, 0.4) is 0 Å². The Morgan fingerprint density at radius 2 is 1.91 bits per heavy atom. The molecule has 0 saturated carbocycles. The molecule has 0 spiro atoms. The number of fused-ring (bicyclic) bond motifs is 1. The topological polar surface area (TPSA) is 67.5 Å². The lowest BCUT2D eigenvalue weighted by Crippen LogP contribution is -2.34. The summed E-state index contributed by atoms with van der Waals surface area (Å²) in [4.78, 5) is 26.2. The molecule has 1 fully saturated rings. The number of hydrogen-bond acceptors (Lipinski definition) is 4. The Morgan fingerprint density at radius 1 is 1.16 bits per heavy atom. The van der Waals surface area contributed by atoms with Crippen LogP contribution in [0, 0.1) is 5.92 Å². The maximum Gasteiger partial charge on any atom is 0.419 e. The van der Waals surface area contributed by atoms with Gasteiger partial charge in [-0.3, -0.25) is 14.3 Å². The van der Waals surface area contributed by atoms with Gasteiger partial charge in [0.15, 0.2) is 5.58 Å². The van der Waals surface area contributed by atoms with Crippen LogP contribution in [-0.4, -0.2) is 28.5 Å². The molecule has 1 amide bonds. The highest BCUT2D eigenvalue weighted by Crippen LogP contribution is 2.30. The normalized spacial score (nSPS) is 15.9. The summed E-state index contributed by atoms with van der Waals surface area (Å²) in [5.74, 6) is -0.356. The van der Waals surface area contributed by atoms with E-state index < -0.39 is 17.5 Å². The number of piperidine rings is 1. The molecular formula is C23H24F3N3O3. The Bertz CT molecular complexity index is 1170. The van der Waals surface area contributed by atoms with E-state index in [2.05, 4.69) is 10.2 Å². The van der Waals surface area contributed by atoms with Gasteiger partial charge in [-0.05, 0) is 55.6 Å². The molecule has 0 aliphatic carbocycles. The molecule has 170 valence electrons. The molecular weight excluding hydrogens is 423 g/mol. The van der Waals surface area contributed by atoms with E-state index in [0.717, 1.165) is 32.0 Å². The van der Waals surface area contributed by atoms with Crippen LogP contribution in [0.4, 0.5) is 18.9 Å². The summed E-state index contributed by atoms with van der Waals surface area (Å²) in [6, 6.07) is 10.5. The maximum atomic E-state index is 12.9. The fourth-order valence-corrected chi connectivity index (χ4v) is 4.14. The number of hydrogen-bond donors (Lipinski definition) is 1. The SMILES string of the molecule is Cn1c(=O)oc2cc(NC(=O)CC3CCN(Cc4cccc(C(F)(F)F)c4)CC3)ccc21. The summed E-state index contributed by atoms with van der Waals surface area (Å²) in [5.41, 5.74) is 1.65. The van der Waals surface area contributed by atoms with E-state index in [1.54, 1.807) is 31.3 Å². The van der Waals surface area contributed by atoms with Gasteiger partial charge in [0.2, 0.25) is 5.91 Å². The Morgan fingerprint density at radius 3 is 2.62 bits per heavy atom. The van der Waals surface area contributed by atoms with Crippen LogP contribution >= 0.6 is 0 Å². The van der Waals surface area contributed by atoms with E-state index in [0.29, 0.717) is 35.3 Å². The van der Waals surface area contributed by atoms with Crippen LogP contribution < -0.4 is 11.1 Å². The first kappa shape index (κ1) is 22.1. The van der Waals surface area contributed by atoms with Gasteiger partial charge in [0.25, 0.3) is 0 Å². The molecule has 1 aromatic heterocycles. The lowest BCUT2D eigenvalue weighted by molar-refractivity contribution is -0.137. The highest BCUT2D eigenvalue weighted by Gasteiger charge is 2.30. The van der Waals surface area contributed by atoms with Crippen LogP contribution in [0.5, 0.6) is 0 Å². The molecule has 1 saturated heterocycles.